The zero-order chi connectivity index (χ0) is 17.1. The minimum atomic E-state index is -1.19. The summed E-state index contributed by atoms with van der Waals surface area (Å²) in [5, 5.41) is 12.4. The molecule has 0 spiro atoms. The highest BCUT2D eigenvalue weighted by Gasteiger charge is 2.26. The Balaban J connectivity index is 1.60. The van der Waals surface area contributed by atoms with Crippen molar-refractivity contribution in [1.29, 1.82) is 0 Å². The summed E-state index contributed by atoms with van der Waals surface area (Å²) in [6.07, 6.45) is 2.22. The number of amides is 2. The van der Waals surface area contributed by atoms with Gasteiger partial charge in [0.1, 0.15) is 5.69 Å². The van der Waals surface area contributed by atoms with Crippen LogP contribution in [-0.4, -0.2) is 68.8 Å². The number of nitrogens with zero attached hydrogens (tertiary/aromatic N) is 4. The summed E-state index contributed by atoms with van der Waals surface area (Å²) in [6.45, 7) is 1.69. The Kier molecular flexibility index (Phi) is 4.52. The predicted molar refractivity (Wildman–Crippen MR) is 85.1 cm³/mol. The molecule has 24 heavy (non-hydrogen) atoms. The molecule has 9 heteroatoms. The maximum absolute atomic E-state index is 12.4. The smallest absolute Gasteiger partial charge is 0.356 e. The van der Waals surface area contributed by atoms with Crippen molar-refractivity contribution in [3.8, 4) is 0 Å². The molecular weight excluding hydrogens is 332 g/mol. The third-order valence-electron chi connectivity index (χ3n) is 3.71. The van der Waals surface area contributed by atoms with Crippen LogP contribution in [-0.2, 0) is 0 Å². The first kappa shape index (κ1) is 16.1. The Morgan fingerprint density at radius 1 is 0.958 bits per heavy atom. The van der Waals surface area contributed by atoms with Crippen molar-refractivity contribution < 1.29 is 19.5 Å². The van der Waals surface area contributed by atoms with Crippen LogP contribution in [0.4, 0.5) is 0 Å². The van der Waals surface area contributed by atoms with Gasteiger partial charge in [-0.15, -0.1) is 0 Å². The van der Waals surface area contributed by atoms with Crippen LogP contribution in [0.25, 0.3) is 0 Å². The fraction of sp³-hybridized carbons (Fsp3) is 0.267. The van der Waals surface area contributed by atoms with E-state index in [1.165, 1.54) is 11.3 Å². The molecule has 8 nitrogen and oxygen atoms in total. The highest BCUT2D eigenvalue weighted by Crippen LogP contribution is 2.13. The third-order valence-corrected chi connectivity index (χ3v) is 4.40. The normalized spacial score (nSPS) is 14.5. The van der Waals surface area contributed by atoms with E-state index >= 15 is 0 Å². The van der Waals surface area contributed by atoms with E-state index < -0.39 is 5.97 Å². The summed E-state index contributed by atoms with van der Waals surface area (Å²) in [7, 11) is 0. The second kappa shape index (κ2) is 6.75. The lowest BCUT2D eigenvalue weighted by atomic mass is 10.2. The monoisotopic (exact) mass is 346 g/mol. The number of hydrogen-bond acceptors (Lipinski definition) is 6. The Bertz CT molecular complexity index is 752. The lowest BCUT2D eigenvalue weighted by molar-refractivity contribution is 0.0532. The summed E-state index contributed by atoms with van der Waals surface area (Å²) in [5.41, 5.74) is 0.547. The molecule has 3 heterocycles. The minimum absolute atomic E-state index is 0.0334. The van der Waals surface area contributed by atoms with Gasteiger partial charge in [-0.25, -0.2) is 14.8 Å². The minimum Gasteiger partial charge on any atom is -0.476 e. The van der Waals surface area contributed by atoms with Crippen LogP contribution in [0, 0.1) is 0 Å². The average Bonchev–Trinajstić information content (AvgIpc) is 3.15. The fourth-order valence-corrected chi connectivity index (χ4v) is 3.02. The second-order valence-corrected chi connectivity index (χ2v) is 5.97. The van der Waals surface area contributed by atoms with Gasteiger partial charge in [-0.2, -0.15) is 11.3 Å². The Labute approximate surface area is 141 Å². The summed E-state index contributed by atoms with van der Waals surface area (Å²) in [4.78, 5) is 46.2. The van der Waals surface area contributed by atoms with Crippen LogP contribution in [0.5, 0.6) is 0 Å². The molecule has 0 aliphatic carbocycles. The summed E-state index contributed by atoms with van der Waals surface area (Å²) in [6, 6.07) is 1.78. The molecule has 1 aliphatic rings. The van der Waals surface area contributed by atoms with Gasteiger partial charge in [-0.1, -0.05) is 0 Å². The van der Waals surface area contributed by atoms with Gasteiger partial charge in [-0.05, 0) is 11.4 Å². The van der Waals surface area contributed by atoms with Crippen molar-refractivity contribution in [1.82, 2.24) is 19.8 Å². The summed E-state index contributed by atoms with van der Waals surface area (Å²) >= 11 is 1.47. The van der Waals surface area contributed by atoms with Crippen molar-refractivity contribution in [3.63, 3.8) is 0 Å². The lowest BCUT2D eigenvalue weighted by Crippen LogP contribution is -2.50. The van der Waals surface area contributed by atoms with Crippen LogP contribution in [0.1, 0.15) is 31.3 Å². The molecule has 0 aromatic carbocycles. The standard InChI is InChI=1S/C15H14N4O4S/c20-13(10-1-6-24-9-10)18-2-4-19(5-3-18)14(21)11-7-17-12(8-16-11)15(22)23/h1,6-9H,2-5H2,(H,22,23). The van der Waals surface area contributed by atoms with Gasteiger partial charge in [0.2, 0.25) is 0 Å². The molecule has 0 atom stereocenters. The zero-order valence-corrected chi connectivity index (χ0v) is 13.4. The van der Waals surface area contributed by atoms with Crippen LogP contribution < -0.4 is 0 Å². The molecule has 1 fully saturated rings. The SMILES string of the molecule is O=C(O)c1cnc(C(=O)N2CCN(C(=O)c3ccsc3)CC2)cn1. The van der Waals surface area contributed by atoms with E-state index in [9.17, 15) is 14.4 Å². The number of carboxylic acids is 1. The maximum atomic E-state index is 12.4. The lowest BCUT2D eigenvalue weighted by Gasteiger charge is -2.34. The maximum Gasteiger partial charge on any atom is 0.356 e. The number of hydrogen-bond donors (Lipinski definition) is 1. The molecule has 2 aromatic rings. The second-order valence-electron chi connectivity index (χ2n) is 5.19. The number of aromatic carboxylic acids is 1. The first-order chi connectivity index (χ1) is 11.6. The molecule has 3 rings (SSSR count). The number of carboxylic acid groups (broad SMARTS) is 1. The average molecular weight is 346 g/mol. The van der Waals surface area contributed by atoms with E-state index in [2.05, 4.69) is 9.97 Å². The molecule has 0 bridgehead atoms. The van der Waals surface area contributed by atoms with Gasteiger partial charge in [0, 0.05) is 31.6 Å². The van der Waals surface area contributed by atoms with E-state index in [1.54, 1.807) is 21.2 Å². The molecule has 1 aliphatic heterocycles. The van der Waals surface area contributed by atoms with Crippen molar-refractivity contribution in [2.45, 2.75) is 0 Å². The van der Waals surface area contributed by atoms with E-state index in [0.29, 0.717) is 31.7 Å². The fourth-order valence-electron chi connectivity index (χ4n) is 2.39. The highest BCUT2D eigenvalue weighted by molar-refractivity contribution is 7.08. The molecule has 2 amide bonds. The number of carbonyl (C=O) groups is 3. The van der Waals surface area contributed by atoms with Gasteiger partial charge in [-0.3, -0.25) is 9.59 Å². The highest BCUT2D eigenvalue weighted by atomic mass is 32.1. The molecule has 124 valence electrons. The van der Waals surface area contributed by atoms with Crippen LogP contribution in [0.2, 0.25) is 0 Å². The van der Waals surface area contributed by atoms with Gasteiger partial charge in [0.05, 0.1) is 18.0 Å². The molecule has 0 saturated carbocycles. The van der Waals surface area contributed by atoms with E-state index in [0.717, 1.165) is 12.4 Å². The molecule has 1 saturated heterocycles. The summed E-state index contributed by atoms with van der Waals surface area (Å²) < 4.78 is 0. The van der Waals surface area contributed by atoms with Gasteiger partial charge in [0.25, 0.3) is 11.8 Å². The zero-order valence-electron chi connectivity index (χ0n) is 12.6. The summed E-state index contributed by atoms with van der Waals surface area (Å²) in [5.74, 6) is -1.54. The quantitative estimate of drug-likeness (QED) is 0.883. The van der Waals surface area contributed by atoms with Crippen LogP contribution in [0.15, 0.2) is 29.2 Å². The Morgan fingerprint density at radius 2 is 1.54 bits per heavy atom. The number of thiophene rings is 1. The molecule has 0 unspecified atom stereocenters. The molecular formula is C15H14N4O4S. The largest absolute Gasteiger partial charge is 0.476 e. The van der Waals surface area contributed by atoms with Gasteiger partial charge < -0.3 is 14.9 Å². The molecule has 2 aromatic heterocycles. The van der Waals surface area contributed by atoms with Crippen molar-refractivity contribution in [2.75, 3.05) is 26.2 Å². The number of carbonyl (C=O) groups excluding carboxylic acids is 2. The Hall–Kier alpha value is -2.81. The first-order valence-corrected chi connectivity index (χ1v) is 8.16. The molecule has 1 N–H and O–H groups in total. The topological polar surface area (TPSA) is 104 Å². The van der Waals surface area contributed by atoms with Crippen LogP contribution in [0.3, 0.4) is 0 Å². The van der Waals surface area contributed by atoms with E-state index in [4.69, 9.17) is 5.11 Å². The van der Waals surface area contributed by atoms with Crippen LogP contribution >= 0.6 is 11.3 Å². The molecule has 0 radical (unpaired) electrons. The van der Waals surface area contributed by atoms with Gasteiger partial charge in [0.15, 0.2) is 5.69 Å². The number of piperazine rings is 1. The van der Waals surface area contributed by atoms with E-state index in [-0.39, 0.29) is 23.2 Å². The first-order valence-electron chi connectivity index (χ1n) is 7.22. The Morgan fingerprint density at radius 3 is 2.04 bits per heavy atom. The van der Waals surface area contributed by atoms with Crippen molar-refractivity contribution >= 4 is 29.1 Å². The predicted octanol–water partition coefficient (Wildman–Crippen LogP) is 0.835. The van der Waals surface area contributed by atoms with Crippen molar-refractivity contribution in [3.05, 3.63) is 46.2 Å². The van der Waals surface area contributed by atoms with Crippen molar-refractivity contribution in [2.24, 2.45) is 0 Å². The van der Waals surface area contributed by atoms with E-state index in [1.807, 2.05) is 5.38 Å². The third kappa shape index (κ3) is 3.25. The number of aromatic nitrogens is 2. The number of rotatable bonds is 3. The van der Waals surface area contributed by atoms with Gasteiger partial charge >= 0.3 is 5.97 Å².